The SMILES string of the molecule is O=C(CSc1nc2cc(Cl)ccc2c(=O)n1Cc1ccco1)Nc1ccc2[nH]c(=O)[nH]c2c1. The molecule has 0 aliphatic carbocycles. The summed E-state index contributed by atoms with van der Waals surface area (Å²) < 4.78 is 6.87. The van der Waals surface area contributed by atoms with Crippen LogP contribution >= 0.6 is 23.4 Å². The smallest absolute Gasteiger partial charge is 0.323 e. The molecular formula is C22H16ClN5O4S. The van der Waals surface area contributed by atoms with Crippen molar-refractivity contribution in [1.82, 2.24) is 19.5 Å². The highest BCUT2D eigenvalue weighted by Gasteiger charge is 2.15. The number of imidazole rings is 1. The van der Waals surface area contributed by atoms with E-state index in [1.54, 1.807) is 48.5 Å². The molecule has 3 aromatic heterocycles. The number of nitrogens with one attached hydrogen (secondary N) is 3. The largest absolute Gasteiger partial charge is 0.467 e. The number of carbonyl (C=O) groups excluding carboxylic acids is 1. The molecule has 0 saturated carbocycles. The van der Waals surface area contributed by atoms with Crippen molar-refractivity contribution in [2.75, 3.05) is 11.1 Å². The Morgan fingerprint density at radius 2 is 1.97 bits per heavy atom. The number of amides is 1. The average Bonchev–Trinajstić information content (AvgIpc) is 3.42. The molecule has 0 unspecified atom stereocenters. The maximum absolute atomic E-state index is 13.1. The number of hydrogen-bond acceptors (Lipinski definition) is 6. The third-order valence-corrected chi connectivity index (χ3v) is 6.12. The summed E-state index contributed by atoms with van der Waals surface area (Å²) >= 11 is 7.21. The van der Waals surface area contributed by atoms with Gasteiger partial charge >= 0.3 is 5.69 Å². The number of hydrogen-bond donors (Lipinski definition) is 3. The first-order valence-electron chi connectivity index (χ1n) is 9.83. The number of anilines is 1. The van der Waals surface area contributed by atoms with Crippen LogP contribution in [-0.4, -0.2) is 31.2 Å². The molecule has 5 aromatic rings. The second-order valence-corrected chi connectivity index (χ2v) is 8.58. The van der Waals surface area contributed by atoms with E-state index in [1.165, 1.54) is 10.8 Å². The van der Waals surface area contributed by atoms with Crippen molar-refractivity contribution in [2.24, 2.45) is 0 Å². The average molecular weight is 482 g/mol. The Kier molecular flexibility index (Phi) is 5.53. The molecule has 5 rings (SSSR count). The molecule has 0 aliphatic heterocycles. The fourth-order valence-electron chi connectivity index (χ4n) is 3.42. The monoisotopic (exact) mass is 481 g/mol. The van der Waals surface area contributed by atoms with Crippen LogP contribution in [0.25, 0.3) is 21.9 Å². The van der Waals surface area contributed by atoms with Crippen molar-refractivity contribution in [3.8, 4) is 0 Å². The van der Waals surface area contributed by atoms with Gasteiger partial charge in [0.05, 0.1) is 40.5 Å². The van der Waals surface area contributed by atoms with Crippen molar-refractivity contribution >= 4 is 56.9 Å². The van der Waals surface area contributed by atoms with Crippen LogP contribution in [0.1, 0.15) is 5.76 Å². The van der Waals surface area contributed by atoms with Gasteiger partial charge < -0.3 is 19.7 Å². The number of furan rings is 1. The molecule has 3 N–H and O–H groups in total. The van der Waals surface area contributed by atoms with E-state index in [9.17, 15) is 14.4 Å². The second-order valence-electron chi connectivity index (χ2n) is 7.20. The lowest BCUT2D eigenvalue weighted by Gasteiger charge is -2.12. The number of benzene rings is 2. The molecule has 2 aromatic carbocycles. The van der Waals surface area contributed by atoms with Gasteiger partial charge in [0.15, 0.2) is 5.16 Å². The molecule has 1 amide bonds. The third-order valence-electron chi connectivity index (χ3n) is 4.91. The standard InChI is InChI=1S/C22H16ClN5O4S/c23-12-3-5-15-17(8-12)27-22(28(20(15)30)10-14-2-1-7-32-14)33-11-19(29)24-13-4-6-16-18(9-13)26-21(31)25-16/h1-9H,10-11H2,(H,24,29)(H2,25,26,31). The van der Waals surface area contributed by atoms with Gasteiger partial charge in [-0.15, -0.1) is 0 Å². The van der Waals surface area contributed by atoms with Crippen LogP contribution in [0, 0.1) is 0 Å². The van der Waals surface area contributed by atoms with Gasteiger partial charge in [0.2, 0.25) is 5.91 Å². The third kappa shape index (κ3) is 4.43. The number of nitrogens with zero attached hydrogens (tertiary/aromatic N) is 2. The Morgan fingerprint density at radius 1 is 1.12 bits per heavy atom. The zero-order valence-electron chi connectivity index (χ0n) is 16.9. The summed E-state index contributed by atoms with van der Waals surface area (Å²) in [6.45, 7) is 0.179. The van der Waals surface area contributed by atoms with E-state index in [1.807, 2.05) is 0 Å². The lowest BCUT2D eigenvalue weighted by Crippen LogP contribution is -2.24. The molecule has 33 heavy (non-hydrogen) atoms. The van der Waals surface area contributed by atoms with Gasteiger partial charge in [-0.05, 0) is 48.5 Å². The van der Waals surface area contributed by atoms with Gasteiger partial charge in [0.25, 0.3) is 5.56 Å². The van der Waals surface area contributed by atoms with E-state index in [4.69, 9.17) is 16.0 Å². The van der Waals surface area contributed by atoms with Crippen LogP contribution in [0.2, 0.25) is 5.02 Å². The van der Waals surface area contributed by atoms with E-state index < -0.39 is 0 Å². The fourth-order valence-corrected chi connectivity index (χ4v) is 4.38. The first-order chi connectivity index (χ1) is 16.0. The van der Waals surface area contributed by atoms with Crippen LogP contribution in [0.4, 0.5) is 5.69 Å². The highest BCUT2D eigenvalue weighted by molar-refractivity contribution is 7.99. The minimum absolute atomic E-state index is 0.0123. The van der Waals surface area contributed by atoms with Gasteiger partial charge in [0.1, 0.15) is 5.76 Å². The number of carbonyl (C=O) groups is 1. The minimum Gasteiger partial charge on any atom is -0.467 e. The summed E-state index contributed by atoms with van der Waals surface area (Å²) in [4.78, 5) is 47.0. The number of fused-ring (bicyclic) bond motifs is 2. The molecule has 166 valence electrons. The summed E-state index contributed by atoms with van der Waals surface area (Å²) in [5.74, 6) is 0.313. The minimum atomic E-state index is -0.318. The molecule has 0 saturated heterocycles. The second kappa shape index (κ2) is 8.64. The summed E-state index contributed by atoms with van der Waals surface area (Å²) in [5, 5.41) is 4.04. The fraction of sp³-hybridized carbons (Fsp3) is 0.0909. The zero-order chi connectivity index (χ0) is 22.9. The quantitative estimate of drug-likeness (QED) is 0.251. The Balaban J connectivity index is 1.41. The molecule has 0 fully saturated rings. The molecule has 0 atom stereocenters. The first kappa shape index (κ1) is 21.1. The Bertz CT molecular complexity index is 1600. The predicted molar refractivity (Wildman–Crippen MR) is 127 cm³/mol. The number of thioether (sulfide) groups is 1. The Hall–Kier alpha value is -3.76. The highest BCUT2D eigenvalue weighted by Crippen LogP contribution is 2.22. The van der Waals surface area contributed by atoms with E-state index >= 15 is 0 Å². The van der Waals surface area contributed by atoms with E-state index in [2.05, 4.69) is 20.3 Å². The maximum Gasteiger partial charge on any atom is 0.323 e. The molecule has 0 spiro atoms. The van der Waals surface area contributed by atoms with Crippen molar-refractivity contribution < 1.29 is 9.21 Å². The maximum atomic E-state index is 13.1. The zero-order valence-corrected chi connectivity index (χ0v) is 18.5. The molecule has 0 radical (unpaired) electrons. The van der Waals surface area contributed by atoms with Crippen LogP contribution in [0.5, 0.6) is 0 Å². The van der Waals surface area contributed by atoms with Gasteiger partial charge in [-0.1, -0.05) is 23.4 Å². The van der Waals surface area contributed by atoms with Gasteiger partial charge in [-0.3, -0.25) is 14.2 Å². The molecule has 11 heteroatoms. The van der Waals surface area contributed by atoms with Gasteiger partial charge in [-0.25, -0.2) is 9.78 Å². The first-order valence-corrected chi connectivity index (χ1v) is 11.2. The van der Waals surface area contributed by atoms with Crippen molar-refractivity contribution in [2.45, 2.75) is 11.7 Å². The van der Waals surface area contributed by atoms with Crippen LogP contribution < -0.4 is 16.6 Å². The normalized spacial score (nSPS) is 11.3. The number of rotatable bonds is 6. The van der Waals surface area contributed by atoms with Crippen molar-refractivity contribution in [1.29, 1.82) is 0 Å². The predicted octanol–water partition coefficient (Wildman–Crippen LogP) is 3.59. The number of halogens is 1. The lowest BCUT2D eigenvalue weighted by molar-refractivity contribution is -0.113. The van der Waals surface area contributed by atoms with E-state index in [0.717, 1.165) is 11.8 Å². The van der Waals surface area contributed by atoms with Crippen LogP contribution in [0.15, 0.2) is 74.0 Å². The Labute approximate surface area is 194 Å². The van der Waals surface area contributed by atoms with Gasteiger partial charge in [-0.2, -0.15) is 0 Å². The molecular weight excluding hydrogens is 466 g/mol. The molecule has 0 aliphatic rings. The number of aromatic amines is 2. The van der Waals surface area contributed by atoms with Crippen LogP contribution in [0.3, 0.4) is 0 Å². The number of aromatic nitrogens is 4. The Morgan fingerprint density at radius 3 is 2.79 bits per heavy atom. The molecule has 0 bridgehead atoms. The topological polar surface area (TPSA) is 126 Å². The summed E-state index contributed by atoms with van der Waals surface area (Å²) in [7, 11) is 0. The highest BCUT2D eigenvalue weighted by atomic mass is 35.5. The molecule has 9 nitrogen and oxygen atoms in total. The van der Waals surface area contributed by atoms with Crippen molar-refractivity contribution in [3.63, 3.8) is 0 Å². The van der Waals surface area contributed by atoms with Crippen molar-refractivity contribution in [3.05, 3.63) is 86.4 Å². The van der Waals surface area contributed by atoms with E-state index in [0.29, 0.717) is 43.6 Å². The van der Waals surface area contributed by atoms with Crippen LogP contribution in [-0.2, 0) is 11.3 Å². The van der Waals surface area contributed by atoms with E-state index in [-0.39, 0.29) is 29.5 Å². The van der Waals surface area contributed by atoms with Gasteiger partial charge in [0, 0.05) is 10.7 Å². The lowest BCUT2D eigenvalue weighted by atomic mass is 10.2. The molecule has 3 heterocycles. The summed E-state index contributed by atoms with van der Waals surface area (Å²) in [6.07, 6.45) is 1.53. The summed E-state index contributed by atoms with van der Waals surface area (Å²) in [6, 6.07) is 13.5. The number of H-pyrrole nitrogens is 2. The summed E-state index contributed by atoms with van der Waals surface area (Å²) in [5.41, 5.74) is 1.65.